The summed E-state index contributed by atoms with van der Waals surface area (Å²) in [6.45, 7) is 2.90. The summed E-state index contributed by atoms with van der Waals surface area (Å²) in [4.78, 5) is 41.8. The highest BCUT2D eigenvalue weighted by Crippen LogP contribution is 2.26. The van der Waals surface area contributed by atoms with E-state index in [1.165, 1.54) is 0 Å². The Bertz CT molecular complexity index is 1390. The number of nitrogens with zero attached hydrogens (tertiary/aromatic N) is 4. The number of amides is 3. The summed E-state index contributed by atoms with van der Waals surface area (Å²) < 4.78 is 7.60. The Labute approximate surface area is 256 Å². The lowest BCUT2D eigenvalue weighted by Crippen LogP contribution is -2.50. The zero-order valence-electron chi connectivity index (χ0n) is 24.1. The van der Waals surface area contributed by atoms with Gasteiger partial charge in [0.15, 0.2) is 0 Å². The molecule has 0 aliphatic carbocycles. The zero-order chi connectivity index (χ0) is 30.0. The van der Waals surface area contributed by atoms with E-state index in [4.69, 9.17) is 16.3 Å². The minimum Gasteiger partial charge on any atom is -0.492 e. The maximum Gasteiger partial charge on any atom is 0.251 e. The molecule has 11 nitrogen and oxygen atoms in total. The van der Waals surface area contributed by atoms with Gasteiger partial charge in [-0.1, -0.05) is 53.6 Å². The molecule has 228 valence electrons. The average Bonchev–Trinajstić information content (AvgIpc) is 3.48. The second-order valence-electron chi connectivity index (χ2n) is 10.9. The summed E-state index contributed by atoms with van der Waals surface area (Å²) in [5.41, 5.74) is 1.94. The van der Waals surface area contributed by atoms with Crippen molar-refractivity contribution in [2.75, 3.05) is 26.2 Å². The topological polar surface area (TPSA) is 130 Å². The van der Waals surface area contributed by atoms with Crippen LogP contribution in [-0.4, -0.2) is 75.9 Å². The van der Waals surface area contributed by atoms with Gasteiger partial charge in [0.25, 0.3) is 5.91 Å². The number of carbonyl (C=O) groups is 3. The van der Waals surface area contributed by atoms with Gasteiger partial charge in [-0.25, -0.2) is 0 Å². The first-order valence-corrected chi connectivity index (χ1v) is 15.3. The maximum absolute atomic E-state index is 13.5. The Balaban J connectivity index is 1.34. The molecule has 4 bridgehead atoms. The number of aromatic nitrogens is 3. The molecule has 3 aliphatic heterocycles. The molecule has 0 saturated carbocycles. The van der Waals surface area contributed by atoms with Crippen molar-refractivity contribution in [3.63, 3.8) is 0 Å². The van der Waals surface area contributed by atoms with E-state index in [1.54, 1.807) is 27.8 Å². The molecule has 0 radical (unpaired) electrons. The minimum absolute atomic E-state index is 0.0305. The van der Waals surface area contributed by atoms with Crippen LogP contribution < -0.4 is 20.7 Å². The molecule has 3 N–H and O–H groups in total. The lowest BCUT2D eigenvalue weighted by atomic mass is 10.0. The van der Waals surface area contributed by atoms with Crippen LogP contribution in [-0.2, 0) is 29.1 Å². The van der Waals surface area contributed by atoms with E-state index in [-0.39, 0.29) is 17.9 Å². The fourth-order valence-electron chi connectivity index (χ4n) is 5.34. The number of carbonyl (C=O) groups excluding carboxylic acids is 3. The minimum atomic E-state index is -0.807. The normalized spacial score (nSPS) is 20.8. The molecular formula is C31H38ClN7O4. The van der Waals surface area contributed by atoms with Crippen LogP contribution in [0.3, 0.4) is 0 Å². The zero-order valence-corrected chi connectivity index (χ0v) is 24.9. The number of hydrogen-bond donors (Lipinski definition) is 3. The molecule has 0 unspecified atom stereocenters. The van der Waals surface area contributed by atoms with Gasteiger partial charge >= 0.3 is 0 Å². The second kappa shape index (κ2) is 15.0. The van der Waals surface area contributed by atoms with Crippen LogP contribution in [0.4, 0.5) is 0 Å². The number of ether oxygens (including phenoxy) is 1. The van der Waals surface area contributed by atoms with Gasteiger partial charge in [-0.05, 0) is 49.6 Å². The van der Waals surface area contributed by atoms with Gasteiger partial charge in [0.2, 0.25) is 11.8 Å². The Morgan fingerprint density at radius 1 is 1.02 bits per heavy atom. The molecule has 2 aromatic carbocycles. The molecule has 12 heteroatoms. The SMILES string of the molecule is O=C1N[C@@H](Cc2ccccc2)C(=O)NCCCN(C(=O)[C@@H]2CCCCN2)Cc2cn(nn2)CCCOc2ccc1cc2Cl. The summed E-state index contributed by atoms with van der Waals surface area (Å²) in [5, 5.41) is 18.0. The number of rotatable bonds is 3. The van der Waals surface area contributed by atoms with Crippen LogP contribution in [0, 0.1) is 0 Å². The van der Waals surface area contributed by atoms with Crippen molar-refractivity contribution in [1.29, 1.82) is 0 Å². The molecule has 3 aromatic rings. The maximum atomic E-state index is 13.5. The Kier molecular flexibility index (Phi) is 10.6. The highest BCUT2D eigenvalue weighted by atomic mass is 35.5. The van der Waals surface area contributed by atoms with Gasteiger partial charge in [0.1, 0.15) is 17.5 Å². The number of fused-ring (bicyclic) bond motifs is 14. The molecule has 1 saturated heterocycles. The number of aryl methyl sites for hydroxylation is 1. The number of benzene rings is 2. The third kappa shape index (κ3) is 8.55. The van der Waals surface area contributed by atoms with Crippen LogP contribution in [0.15, 0.2) is 54.7 Å². The Morgan fingerprint density at radius 3 is 2.67 bits per heavy atom. The summed E-state index contributed by atoms with van der Waals surface area (Å²) in [7, 11) is 0. The second-order valence-corrected chi connectivity index (χ2v) is 11.4. The molecule has 1 aromatic heterocycles. The number of piperidine rings is 1. The third-order valence-corrected chi connectivity index (χ3v) is 7.95. The highest BCUT2D eigenvalue weighted by Gasteiger charge is 2.27. The lowest BCUT2D eigenvalue weighted by molar-refractivity contribution is -0.134. The molecule has 2 atom stereocenters. The van der Waals surface area contributed by atoms with Crippen LogP contribution >= 0.6 is 11.6 Å². The van der Waals surface area contributed by atoms with Crippen molar-refractivity contribution in [2.24, 2.45) is 0 Å². The molecular weight excluding hydrogens is 570 g/mol. The molecule has 4 heterocycles. The van der Waals surface area contributed by atoms with E-state index in [2.05, 4.69) is 26.3 Å². The van der Waals surface area contributed by atoms with Crippen LogP contribution in [0.2, 0.25) is 5.02 Å². The lowest BCUT2D eigenvalue weighted by Gasteiger charge is -2.29. The first-order valence-electron chi connectivity index (χ1n) is 14.9. The Hall–Kier alpha value is -3.96. The predicted octanol–water partition coefficient (Wildman–Crippen LogP) is 2.73. The van der Waals surface area contributed by atoms with Gasteiger partial charge in [-0.15, -0.1) is 5.10 Å². The van der Waals surface area contributed by atoms with E-state index in [0.717, 1.165) is 31.4 Å². The molecule has 3 aliphatic rings. The molecule has 3 amide bonds. The van der Waals surface area contributed by atoms with E-state index in [0.29, 0.717) is 74.1 Å². The number of halogens is 1. The fourth-order valence-corrected chi connectivity index (χ4v) is 5.57. The van der Waals surface area contributed by atoms with Gasteiger partial charge in [-0.3, -0.25) is 19.1 Å². The summed E-state index contributed by atoms with van der Waals surface area (Å²) in [6.07, 6.45) is 6.24. The van der Waals surface area contributed by atoms with Crippen molar-refractivity contribution < 1.29 is 19.1 Å². The molecule has 43 heavy (non-hydrogen) atoms. The fraction of sp³-hybridized carbons (Fsp3) is 0.452. The van der Waals surface area contributed by atoms with Crippen LogP contribution in [0.1, 0.15) is 53.7 Å². The van der Waals surface area contributed by atoms with Crippen molar-refractivity contribution in [1.82, 2.24) is 35.8 Å². The summed E-state index contributed by atoms with van der Waals surface area (Å²) in [6, 6.07) is 13.3. The number of hydrogen-bond acceptors (Lipinski definition) is 7. The quantitative estimate of drug-likeness (QED) is 0.417. The first-order chi connectivity index (χ1) is 21.0. The van der Waals surface area contributed by atoms with E-state index >= 15 is 0 Å². The van der Waals surface area contributed by atoms with Crippen molar-refractivity contribution in [3.05, 3.63) is 76.6 Å². The molecule has 0 spiro atoms. The predicted molar refractivity (Wildman–Crippen MR) is 162 cm³/mol. The van der Waals surface area contributed by atoms with E-state index in [9.17, 15) is 14.4 Å². The average molecular weight is 608 g/mol. The first kappa shape index (κ1) is 30.5. The van der Waals surface area contributed by atoms with Gasteiger partial charge < -0.3 is 25.6 Å². The Morgan fingerprint density at radius 2 is 1.88 bits per heavy atom. The van der Waals surface area contributed by atoms with Crippen LogP contribution in [0.5, 0.6) is 5.75 Å². The van der Waals surface area contributed by atoms with E-state index < -0.39 is 11.9 Å². The van der Waals surface area contributed by atoms with Crippen molar-refractivity contribution in [2.45, 2.75) is 63.7 Å². The van der Waals surface area contributed by atoms with E-state index in [1.807, 2.05) is 36.5 Å². The summed E-state index contributed by atoms with van der Waals surface area (Å²) in [5.74, 6) is -0.215. The highest BCUT2D eigenvalue weighted by molar-refractivity contribution is 6.32. The van der Waals surface area contributed by atoms with Crippen molar-refractivity contribution >= 4 is 29.3 Å². The monoisotopic (exact) mass is 607 g/mol. The van der Waals surface area contributed by atoms with Gasteiger partial charge in [0.05, 0.1) is 30.4 Å². The third-order valence-electron chi connectivity index (χ3n) is 7.65. The molecule has 6 rings (SSSR count). The summed E-state index contributed by atoms with van der Waals surface area (Å²) >= 11 is 6.44. The molecule has 1 fully saturated rings. The number of nitrogens with one attached hydrogen (secondary N) is 3. The standard InChI is InChI=1S/C31H38ClN7O4/c32-25-19-23-11-12-28(25)43-17-7-16-39-21-24(36-37-39)20-38(31(42)26-10-4-5-13-33-26)15-6-14-34-30(41)27(35-29(23)40)18-22-8-2-1-3-9-22/h1-3,8-9,11-12,19,21,26-27,33H,4-7,10,13-18,20H2,(H,34,41)(H,35,40)/t26-,27-/m0/s1. The van der Waals surface area contributed by atoms with Crippen LogP contribution in [0.25, 0.3) is 0 Å². The van der Waals surface area contributed by atoms with Gasteiger partial charge in [-0.2, -0.15) is 0 Å². The van der Waals surface area contributed by atoms with Crippen molar-refractivity contribution in [3.8, 4) is 5.75 Å². The largest absolute Gasteiger partial charge is 0.492 e. The van der Waals surface area contributed by atoms with Gasteiger partial charge in [0, 0.05) is 38.0 Å². The smallest absolute Gasteiger partial charge is 0.251 e.